The zero-order valence-corrected chi connectivity index (χ0v) is 18.6. The fourth-order valence-corrected chi connectivity index (χ4v) is 3.45. The van der Waals surface area contributed by atoms with Crippen molar-refractivity contribution in [3.8, 4) is 17.1 Å². The van der Waals surface area contributed by atoms with Gasteiger partial charge in [0.15, 0.2) is 17.4 Å². The normalized spacial score (nSPS) is 13.5. The second kappa shape index (κ2) is 10.3. The van der Waals surface area contributed by atoms with Gasteiger partial charge in [0.1, 0.15) is 0 Å². The van der Waals surface area contributed by atoms with Crippen LogP contribution in [0.1, 0.15) is 6.92 Å². The molecule has 0 radical (unpaired) electrons. The molecule has 3 aromatic rings. The minimum Gasteiger partial charge on any atom is -0.488 e. The molecule has 8 nitrogen and oxygen atoms in total. The van der Waals surface area contributed by atoms with Crippen molar-refractivity contribution >= 4 is 35.9 Å². The maximum atomic E-state index is 12.2. The molecule has 0 bridgehead atoms. The third-order valence-electron chi connectivity index (χ3n) is 4.87. The summed E-state index contributed by atoms with van der Waals surface area (Å²) in [6, 6.07) is 14.3. The molecular formula is C23H25N5O3S. The van der Waals surface area contributed by atoms with E-state index in [4.69, 9.17) is 14.5 Å². The number of hydrogen-bond acceptors (Lipinski definition) is 7. The number of amides is 2. The van der Waals surface area contributed by atoms with Gasteiger partial charge in [-0.05, 0) is 55.5 Å². The highest BCUT2D eigenvalue weighted by Gasteiger charge is 2.19. The summed E-state index contributed by atoms with van der Waals surface area (Å²) in [5.74, 6) is 2.03. The molecule has 2 aromatic carbocycles. The van der Waals surface area contributed by atoms with Crippen LogP contribution in [0.3, 0.4) is 0 Å². The van der Waals surface area contributed by atoms with Crippen LogP contribution in [0.25, 0.3) is 11.4 Å². The molecule has 4 rings (SSSR count). The van der Waals surface area contributed by atoms with Crippen LogP contribution in [0.4, 0.5) is 22.0 Å². The number of aromatic nitrogens is 2. The SMILES string of the molecule is CCOc1cnc(-c2ccc(NC(=O)Nc3ccc(S)cc3)cc2)nc1N1CCOCC1. The summed E-state index contributed by atoms with van der Waals surface area (Å²) < 4.78 is 11.2. The lowest BCUT2D eigenvalue weighted by molar-refractivity contribution is 0.122. The first-order chi connectivity index (χ1) is 15.6. The Morgan fingerprint density at radius 1 is 1.06 bits per heavy atom. The van der Waals surface area contributed by atoms with Gasteiger partial charge in [0.25, 0.3) is 0 Å². The number of anilines is 3. The molecule has 1 aromatic heterocycles. The van der Waals surface area contributed by atoms with Crippen molar-refractivity contribution in [2.24, 2.45) is 0 Å². The molecule has 166 valence electrons. The zero-order chi connectivity index (χ0) is 22.3. The lowest BCUT2D eigenvalue weighted by Crippen LogP contribution is -2.37. The van der Waals surface area contributed by atoms with E-state index in [1.165, 1.54) is 0 Å². The Morgan fingerprint density at radius 2 is 1.69 bits per heavy atom. The standard InChI is InChI=1S/C23H25N5O3S/c1-2-31-20-15-24-21(27-22(20)28-11-13-30-14-12-28)16-3-5-17(6-4-16)25-23(29)26-18-7-9-19(32)10-8-18/h3-10,15,32H,2,11-14H2,1H3,(H2,25,26,29). The van der Waals surface area contributed by atoms with E-state index in [2.05, 4.69) is 33.1 Å². The van der Waals surface area contributed by atoms with E-state index >= 15 is 0 Å². The molecule has 0 aliphatic carbocycles. The number of nitrogens with one attached hydrogen (secondary N) is 2. The highest BCUT2D eigenvalue weighted by Crippen LogP contribution is 2.29. The summed E-state index contributed by atoms with van der Waals surface area (Å²) in [5.41, 5.74) is 2.20. The van der Waals surface area contributed by atoms with Crippen LogP contribution >= 0.6 is 12.6 Å². The molecule has 2 amide bonds. The van der Waals surface area contributed by atoms with Gasteiger partial charge in [0, 0.05) is 34.9 Å². The van der Waals surface area contributed by atoms with E-state index in [9.17, 15) is 4.79 Å². The number of hydrogen-bond donors (Lipinski definition) is 3. The van der Waals surface area contributed by atoms with Crippen LogP contribution in [-0.4, -0.2) is 48.9 Å². The Hall–Kier alpha value is -3.30. The van der Waals surface area contributed by atoms with Crippen LogP contribution in [0.2, 0.25) is 0 Å². The van der Waals surface area contributed by atoms with E-state index in [0.717, 1.165) is 29.4 Å². The minimum absolute atomic E-state index is 0.323. The number of nitrogens with zero attached hydrogens (tertiary/aromatic N) is 3. The van der Waals surface area contributed by atoms with Crippen LogP contribution < -0.4 is 20.3 Å². The number of thiol groups is 1. The molecule has 0 spiro atoms. The van der Waals surface area contributed by atoms with Gasteiger partial charge in [-0.15, -0.1) is 12.6 Å². The quantitative estimate of drug-likeness (QED) is 0.484. The van der Waals surface area contributed by atoms with Crippen LogP contribution in [0.5, 0.6) is 5.75 Å². The van der Waals surface area contributed by atoms with Gasteiger partial charge in [-0.2, -0.15) is 0 Å². The molecule has 1 aliphatic heterocycles. The van der Waals surface area contributed by atoms with Crippen molar-refractivity contribution in [3.63, 3.8) is 0 Å². The average molecular weight is 452 g/mol. The molecule has 2 heterocycles. The van der Waals surface area contributed by atoms with Gasteiger partial charge >= 0.3 is 6.03 Å². The van der Waals surface area contributed by atoms with Gasteiger partial charge in [-0.25, -0.2) is 14.8 Å². The Balaban J connectivity index is 1.47. The monoisotopic (exact) mass is 451 g/mol. The molecule has 32 heavy (non-hydrogen) atoms. The van der Waals surface area contributed by atoms with Gasteiger partial charge in [-0.1, -0.05) is 0 Å². The predicted molar refractivity (Wildman–Crippen MR) is 128 cm³/mol. The molecular weight excluding hydrogens is 426 g/mol. The summed E-state index contributed by atoms with van der Waals surface area (Å²) in [6.45, 7) is 5.31. The summed E-state index contributed by atoms with van der Waals surface area (Å²) in [7, 11) is 0. The number of carbonyl (C=O) groups excluding carboxylic acids is 1. The number of benzene rings is 2. The van der Waals surface area contributed by atoms with Crippen molar-refractivity contribution in [3.05, 3.63) is 54.7 Å². The van der Waals surface area contributed by atoms with Crippen molar-refractivity contribution in [2.75, 3.05) is 48.4 Å². The summed E-state index contributed by atoms with van der Waals surface area (Å²) in [4.78, 5) is 24.5. The lowest BCUT2D eigenvalue weighted by Gasteiger charge is -2.29. The molecule has 1 fully saturated rings. The van der Waals surface area contributed by atoms with Crippen molar-refractivity contribution in [1.29, 1.82) is 0 Å². The maximum absolute atomic E-state index is 12.2. The van der Waals surface area contributed by atoms with E-state index in [0.29, 0.717) is 42.8 Å². The Kier molecular flexibility index (Phi) is 7.08. The van der Waals surface area contributed by atoms with Crippen LogP contribution in [0.15, 0.2) is 59.6 Å². The molecule has 0 saturated carbocycles. The van der Waals surface area contributed by atoms with Gasteiger partial charge in [0.05, 0.1) is 26.0 Å². The summed E-state index contributed by atoms with van der Waals surface area (Å²) >= 11 is 4.24. The largest absolute Gasteiger partial charge is 0.488 e. The minimum atomic E-state index is -0.323. The Morgan fingerprint density at radius 3 is 2.31 bits per heavy atom. The molecule has 1 aliphatic rings. The fraction of sp³-hybridized carbons (Fsp3) is 0.261. The van der Waals surface area contributed by atoms with Crippen LogP contribution in [0, 0.1) is 0 Å². The van der Waals surface area contributed by atoms with Gasteiger partial charge in [0.2, 0.25) is 0 Å². The molecule has 9 heteroatoms. The first-order valence-corrected chi connectivity index (χ1v) is 10.9. The number of morpholine rings is 1. The third-order valence-corrected chi connectivity index (χ3v) is 5.17. The van der Waals surface area contributed by atoms with E-state index in [1.54, 1.807) is 18.3 Å². The zero-order valence-electron chi connectivity index (χ0n) is 17.7. The second-order valence-electron chi connectivity index (χ2n) is 7.12. The highest BCUT2D eigenvalue weighted by atomic mass is 32.1. The number of ether oxygens (including phenoxy) is 2. The van der Waals surface area contributed by atoms with E-state index in [1.807, 2.05) is 43.3 Å². The highest BCUT2D eigenvalue weighted by molar-refractivity contribution is 7.80. The van der Waals surface area contributed by atoms with E-state index in [-0.39, 0.29) is 6.03 Å². The summed E-state index contributed by atoms with van der Waals surface area (Å²) in [6.07, 6.45) is 1.71. The Labute approximate surface area is 192 Å². The smallest absolute Gasteiger partial charge is 0.323 e. The number of urea groups is 1. The number of rotatable bonds is 6. The average Bonchev–Trinajstić information content (AvgIpc) is 2.82. The third kappa shape index (κ3) is 5.49. The summed E-state index contributed by atoms with van der Waals surface area (Å²) in [5, 5.41) is 5.61. The molecule has 2 N–H and O–H groups in total. The predicted octanol–water partition coefficient (Wildman–Crippen LogP) is 4.31. The topological polar surface area (TPSA) is 88.6 Å². The number of carbonyl (C=O) groups is 1. The van der Waals surface area contributed by atoms with E-state index < -0.39 is 0 Å². The molecule has 0 unspecified atom stereocenters. The van der Waals surface area contributed by atoms with Crippen molar-refractivity contribution in [1.82, 2.24) is 9.97 Å². The van der Waals surface area contributed by atoms with Crippen LogP contribution in [-0.2, 0) is 4.74 Å². The fourth-order valence-electron chi connectivity index (χ4n) is 3.30. The molecule has 1 saturated heterocycles. The van der Waals surface area contributed by atoms with Gasteiger partial charge in [-0.3, -0.25) is 0 Å². The first-order valence-electron chi connectivity index (χ1n) is 10.4. The van der Waals surface area contributed by atoms with Crippen molar-refractivity contribution < 1.29 is 14.3 Å². The first kappa shape index (κ1) is 21.9. The van der Waals surface area contributed by atoms with Crippen molar-refractivity contribution in [2.45, 2.75) is 11.8 Å². The lowest BCUT2D eigenvalue weighted by atomic mass is 10.2. The molecule has 0 atom stereocenters. The Bertz CT molecular complexity index is 1050. The second-order valence-corrected chi connectivity index (χ2v) is 7.63. The maximum Gasteiger partial charge on any atom is 0.323 e. The van der Waals surface area contributed by atoms with Gasteiger partial charge < -0.3 is 25.0 Å².